The van der Waals surface area contributed by atoms with Crippen molar-refractivity contribution in [3.63, 3.8) is 0 Å². The maximum absolute atomic E-state index is 8.35. The van der Waals surface area contributed by atoms with Crippen molar-refractivity contribution in [2.75, 3.05) is 5.32 Å². The number of fused-ring (bicyclic) bond motifs is 3. The van der Waals surface area contributed by atoms with Gasteiger partial charge in [-0.15, -0.1) is 0 Å². The zero-order chi connectivity index (χ0) is 40.1. The smallest absolute Gasteiger partial charge is 0.158 e. The van der Waals surface area contributed by atoms with E-state index in [1.54, 1.807) is 0 Å². The SMILES string of the molecule is C=C(/N=C(\C=C(/N)c1ccccc1)c1ccccc1)c1ccc(-c2nc(C=N)c(Nc3ccccc3)nc2-c2ccc(-n3c4c(c5ccccc53)C=CCC4)cc2)cc1. The molecule has 1 aliphatic rings. The Bertz CT molecular complexity index is 2910. The van der Waals surface area contributed by atoms with Gasteiger partial charge in [0.1, 0.15) is 5.69 Å². The first-order valence-electron chi connectivity index (χ1n) is 19.6. The Morgan fingerprint density at radius 1 is 0.695 bits per heavy atom. The van der Waals surface area contributed by atoms with Crippen LogP contribution in [0.2, 0.25) is 0 Å². The predicted octanol–water partition coefficient (Wildman–Crippen LogP) is 11.9. The van der Waals surface area contributed by atoms with E-state index in [2.05, 4.69) is 77.1 Å². The average Bonchev–Trinajstić information content (AvgIpc) is 3.64. The molecular formula is C52H41N7. The van der Waals surface area contributed by atoms with E-state index in [9.17, 15) is 0 Å². The molecule has 7 heteroatoms. The highest BCUT2D eigenvalue weighted by Gasteiger charge is 2.20. The number of hydrogen-bond acceptors (Lipinski definition) is 6. The van der Waals surface area contributed by atoms with E-state index < -0.39 is 0 Å². The fourth-order valence-electron chi connectivity index (χ4n) is 7.62. The lowest BCUT2D eigenvalue weighted by atomic mass is 10.0. The molecule has 7 nitrogen and oxygen atoms in total. The predicted molar refractivity (Wildman–Crippen MR) is 245 cm³/mol. The Labute approximate surface area is 343 Å². The number of aromatic nitrogens is 3. The summed E-state index contributed by atoms with van der Waals surface area (Å²) in [5, 5.41) is 13.0. The third-order valence-electron chi connectivity index (χ3n) is 10.6. The lowest BCUT2D eigenvalue weighted by Gasteiger charge is -2.16. The fourth-order valence-corrected chi connectivity index (χ4v) is 7.62. The van der Waals surface area contributed by atoms with Crippen LogP contribution in [0.3, 0.4) is 0 Å². The first kappa shape index (κ1) is 36.7. The molecule has 1 aliphatic carbocycles. The summed E-state index contributed by atoms with van der Waals surface area (Å²) < 4.78 is 2.38. The third-order valence-corrected chi connectivity index (χ3v) is 10.6. The highest BCUT2D eigenvalue weighted by molar-refractivity contribution is 6.13. The van der Waals surface area contributed by atoms with Crippen molar-refractivity contribution < 1.29 is 0 Å². The van der Waals surface area contributed by atoms with E-state index in [0.29, 0.717) is 40.0 Å². The molecular weight excluding hydrogens is 723 g/mol. The number of allylic oxidation sites excluding steroid dienone is 2. The monoisotopic (exact) mass is 763 g/mol. The maximum Gasteiger partial charge on any atom is 0.158 e. The number of anilines is 2. The molecule has 6 aromatic carbocycles. The Morgan fingerprint density at radius 3 is 2.00 bits per heavy atom. The van der Waals surface area contributed by atoms with E-state index in [4.69, 9.17) is 26.1 Å². The molecule has 0 amide bonds. The number of nitrogens with two attached hydrogens (primary N) is 1. The van der Waals surface area contributed by atoms with Crippen molar-refractivity contribution in [1.29, 1.82) is 5.41 Å². The van der Waals surface area contributed by atoms with Gasteiger partial charge in [-0.1, -0.05) is 152 Å². The number of nitrogens with zero attached hydrogens (tertiary/aromatic N) is 4. The minimum absolute atomic E-state index is 0.427. The number of para-hydroxylation sites is 2. The molecule has 0 radical (unpaired) electrons. The molecule has 0 spiro atoms. The minimum Gasteiger partial charge on any atom is -0.398 e. The summed E-state index contributed by atoms with van der Waals surface area (Å²) >= 11 is 0. The molecule has 2 heterocycles. The first-order valence-corrected chi connectivity index (χ1v) is 19.6. The Hall–Kier alpha value is -7.90. The van der Waals surface area contributed by atoms with E-state index in [0.717, 1.165) is 52.0 Å². The Kier molecular flexibility index (Phi) is 10.1. The lowest BCUT2D eigenvalue weighted by molar-refractivity contribution is 0.888. The summed E-state index contributed by atoms with van der Waals surface area (Å²) in [6, 6.07) is 54.9. The van der Waals surface area contributed by atoms with Gasteiger partial charge in [-0.2, -0.15) is 0 Å². The van der Waals surface area contributed by atoms with Crippen molar-refractivity contribution in [3.05, 3.63) is 216 Å². The van der Waals surface area contributed by atoms with Crippen LogP contribution >= 0.6 is 0 Å². The van der Waals surface area contributed by atoms with Crippen molar-refractivity contribution >= 4 is 51.8 Å². The van der Waals surface area contributed by atoms with Gasteiger partial charge in [-0.25, -0.2) is 15.0 Å². The zero-order valence-corrected chi connectivity index (χ0v) is 32.4. The molecule has 0 atom stereocenters. The van der Waals surface area contributed by atoms with Crippen LogP contribution in [-0.4, -0.2) is 26.5 Å². The summed E-state index contributed by atoms with van der Waals surface area (Å²) in [6.45, 7) is 4.36. The summed E-state index contributed by atoms with van der Waals surface area (Å²) in [5.74, 6) is 0.502. The van der Waals surface area contributed by atoms with Crippen LogP contribution in [0.15, 0.2) is 188 Å². The molecule has 0 unspecified atom stereocenters. The Morgan fingerprint density at radius 2 is 1.31 bits per heavy atom. The molecule has 9 rings (SSSR count). The average molecular weight is 764 g/mol. The summed E-state index contributed by atoms with van der Waals surface area (Å²) in [7, 11) is 0. The number of hydrogen-bond donors (Lipinski definition) is 3. The fraction of sp³-hybridized carbons (Fsp3) is 0.0385. The normalized spacial score (nSPS) is 12.6. The second-order valence-electron chi connectivity index (χ2n) is 14.3. The summed E-state index contributed by atoms with van der Waals surface area (Å²) in [5.41, 5.74) is 20.5. The summed E-state index contributed by atoms with van der Waals surface area (Å²) in [6.07, 6.45) is 9.66. The number of rotatable bonds is 11. The summed E-state index contributed by atoms with van der Waals surface area (Å²) in [4.78, 5) is 15.3. The highest BCUT2D eigenvalue weighted by atomic mass is 15.0. The largest absolute Gasteiger partial charge is 0.398 e. The van der Waals surface area contributed by atoms with Gasteiger partial charge in [0.2, 0.25) is 0 Å². The van der Waals surface area contributed by atoms with E-state index in [1.807, 2.05) is 121 Å². The maximum atomic E-state index is 8.35. The standard InChI is InChI=1S/C52H41N7/c1-35(55-46(38-17-7-3-8-18-38)33-45(54)37-15-5-2-6-16-37)36-25-27-39(28-26-36)50-51(58-52(47(34-53)57-50)56-41-19-9-4-10-20-41)40-29-31-42(32-30-40)59-48-23-13-11-21-43(48)44-22-12-14-24-49(44)59/h2-13,15-23,25-34,53H,1,14,24,54H2,(H,56,58)/b45-33-,53-34?,55-46+. The molecule has 0 bridgehead atoms. The molecule has 0 aliphatic heterocycles. The molecule has 0 fully saturated rings. The third kappa shape index (κ3) is 7.53. The van der Waals surface area contributed by atoms with Gasteiger partial charge in [0.25, 0.3) is 0 Å². The topological polar surface area (TPSA) is 105 Å². The first-order chi connectivity index (χ1) is 29.0. The quantitative estimate of drug-likeness (QED) is 0.114. The van der Waals surface area contributed by atoms with E-state index >= 15 is 0 Å². The van der Waals surface area contributed by atoms with Crippen LogP contribution in [0.5, 0.6) is 0 Å². The van der Waals surface area contributed by atoms with Crippen LogP contribution in [0, 0.1) is 5.41 Å². The number of aliphatic imine (C=N–C) groups is 1. The van der Waals surface area contributed by atoms with Crippen LogP contribution < -0.4 is 11.1 Å². The molecule has 0 saturated carbocycles. The molecule has 4 N–H and O–H groups in total. The van der Waals surface area contributed by atoms with Gasteiger partial charge < -0.3 is 21.0 Å². The van der Waals surface area contributed by atoms with Gasteiger partial charge >= 0.3 is 0 Å². The van der Waals surface area contributed by atoms with Gasteiger partial charge in [-0.3, -0.25) is 0 Å². The van der Waals surface area contributed by atoms with Crippen molar-refractivity contribution in [2.45, 2.75) is 12.8 Å². The number of nitrogens with one attached hydrogen (secondary N) is 2. The minimum atomic E-state index is 0.427. The van der Waals surface area contributed by atoms with Gasteiger partial charge in [0.05, 0.1) is 28.3 Å². The lowest BCUT2D eigenvalue weighted by Crippen LogP contribution is -2.06. The van der Waals surface area contributed by atoms with Crippen molar-refractivity contribution in [3.8, 4) is 28.2 Å². The zero-order valence-electron chi connectivity index (χ0n) is 32.4. The van der Waals surface area contributed by atoms with Gasteiger partial charge in [0.15, 0.2) is 5.82 Å². The molecule has 2 aromatic heterocycles. The second kappa shape index (κ2) is 16.3. The van der Waals surface area contributed by atoms with Crippen molar-refractivity contribution in [1.82, 2.24) is 14.5 Å². The molecule has 8 aromatic rings. The molecule has 284 valence electrons. The van der Waals surface area contributed by atoms with Crippen LogP contribution in [0.1, 0.15) is 40.1 Å². The van der Waals surface area contributed by atoms with Gasteiger partial charge in [-0.05, 0) is 60.4 Å². The Balaban J connectivity index is 1.10. The van der Waals surface area contributed by atoms with Crippen LogP contribution in [-0.2, 0) is 6.42 Å². The van der Waals surface area contributed by atoms with E-state index in [1.165, 1.54) is 28.4 Å². The number of benzene rings is 6. The van der Waals surface area contributed by atoms with Gasteiger partial charge in [0, 0.05) is 56.6 Å². The van der Waals surface area contributed by atoms with Crippen LogP contribution in [0.4, 0.5) is 11.5 Å². The van der Waals surface area contributed by atoms with Crippen molar-refractivity contribution in [2.24, 2.45) is 10.7 Å². The highest BCUT2D eigenvalue weighted by Crippen LogP contribution is 2.37. The molecule has 0 saturated heterocycles. The van der Waals surface area contributed by atoms with E-state index in [-0.39, 0.29) is 0 Å². The molecule has 59 heavy (non-hydrogen) atoms. The van der Waals surface area contributed by atoms with Crippen LogP contribution in [0.25, 0.3) is 56.6 Å². The second-order valence-corrected chi connectivity index (χ2v) is 14.3.